The third-order valence-electron chi connectivity index (χ3n) is 6.99. The van der Waals surface area contributed by atoms with Crippen LogP contribution in [0.1, 0.15) is 52.3 Å². The Hall–Kier alpha value is -4.91. The summed E-state index contributed by atoms with van der Waals surface area (Å²) in [6, 6.07) is 10.2. The number of carbonyl (C=O) groups excluding carboxylic acids is 2. The second kappa shape index (κ2) is 10.2. The number of aryl methyl sites for hydroxylation is 1. The Labute approximate surface area is 236 Å². The molecule has 2 atom stereocenters. The highest BCUT2D eigenvalue weighted by atomic mass is 32.1. The van der Waals surface area contributed by atoms with Crippen molar-refractivity contribution >= 4 is 44.7 Å². The van der Waals surface area contributed by atoms with Crippen molar-refractivity contribution in [2.24, 2.45) is 0 Å². The fourth-order valence-electron chi connectivity index (χ4n) is 4.96. The Morgan fingerprint density at radius 1 is 1.24 bits per heavy atom. The second-order valence-electron chi connectivity index (χ2n) is 9.85. The molecule has 13 heteroatoms. The highest BCUT2D eigenvalue weighted by Crippen LogP contribution is 2.34. The molecule has 5 aromatic rings. The normalized spacial score (nSPS) is 16.1. The van der Waals surface area contributed by atoms with Crippen LogP contribution in [0.5, 0.6) is 0 Å². The molecule has 0 unspecified atom stereocenters. The Balaban J connectivity index is 1.22. The van der Waals surface area contributed by atoms with Crippen LogP contribution >= 0.6 is 11.3 Å². The monoisotopic (exact) mass is 573 g/mol. The first-order valence-electron chi connectivity index (χ1n) is 12.8. The summed E-state index contributed by atoms with van der Waals surface area (Å²) >= 11 is 1.50. The number of fused-ring (bicyclic) bond motifs is 2. The molecule has 1 aromatic carbocycles. The maximum absolute atomic E-state index is 14.1. The first-order valence-corrected chi connectivity index (χ1v) is 13.6. The van der Waals surface area contributed by atoms with E-state index in [1.54, 1.807) is 25.3 Å². The molecule has 2 amide bonds. The summed E-state index contributed by atoms with van der Waals surface area (Å²) in [7, 11) is 0. The van der Waals surface area contributed by atoms with Gasteiger partial charge < -0.3 is 20.9 Å². The van der Waals surface area contributed by atoms with E-state index in [2.05, 4.69) is 25.8 Å². The third kappa shape index (κ3) is 4.84. The molecule has 0 radical (unpaired) electrons. The lowest BCUT2D eigenvalue weighted by molar-refractivity contribution is -0.124. The second-order valence-corrected chi connectivity index (χ2v) is 11.0. The quantitative estimate of drug-likeness (QED) is 0.273. The Kier molecular flexibility index (Phi) is 6.58. The van der Waals surface area contributed by atoms with Crippen molar-refractivity contribution in [3.63, 3.8) is 0 Å². The maximum Gasteiger partial charge on any atom is 0.294 e. The molecule has 4 N–H and O–H groups in total. The van der Waals surface area contributed by atoms with E-state index in [-0.39, 0.29) is 41.1 Å². The van der Waals surface area contributed by atoms with Gasteiger partial charge in [-0.15, -0.1) is 11.3 Å². The van der Waals surface area contributed by atoms with Crippen LogP contribution in [0.4, 0.5) is 15.9 Å². The van der Waals surface area contributed by atoms with E-state index < -0.39 is 23.3 Å². The summed E-state index contributed by atoms with van der Waals surface area (Å²) in [5.41, 5.74) is 5.74. The number of nitrogens with one attached hydrogen (secondary N) is 2. The van der Waals surface area contributed by atoms with Crippen LogP contribution in [0.15, 0.2) is 58.0 Å². The van der Waals surface area contributed by atoms with Gasteiger partial charge >= 0.3 is 0 Å². The molecule has 208 valence electrons. The summed E-state index contributed by atoms with van der Waals surface area (Å²) in [4.78, 5) is 49.4. The summed E-state index contributed by atoms with van der Waals surface area (Å²) in [6.07, 6.45) is 2.07. The lowest BCUT2D eigenvalue weighted by Crippen LogP contribution is -2.37. The number of nitrogens with zero attached hydrogens (tertiary/aromatic N) is 4. The van der Waals surface area contributed by atoms with E-state index in [1.807, 2.05) is 13.0 Å². The molecule has 0 fully saturated rings. The van der Waals surface area contributed by atoms with Gasteiger partial charge in [0.2, 0.25) is 11.7 Å². The average Bonchev–Trinajstić information content (AvgIpc) is 3.67. The molecule has 11 nitrogen and oxygen atoms in total. The molecular weight excluding hydrogens is 549 g/mol. The van der Waals surface area contributed by atoms with Gasteiger partial charge in [0.1, 0.15) is 34.9 Å². The van der Waals surface area contributed by atoms with Gasteiger partial charge in [-0.1, -0.05) is 24.2 Å². The minimum atomic E-state index is -0.805. The van der Waals surface area contributed by atoms with Gasteiger partial charge in [0.25, 0.3) is 11.5 Å². The van der Waals surface area contributed by atoms with Gasteiger partial charge in [-0.3, -0.25) is 19.0 Å². The number of hydrogen-bond donors (Lipinski definition) is 3. The van der Waals surface area contributed by atoms with Gasteiger partial charge in [-0.25, -0.2) is 14.4 Å². The fourth-order valence-corrected chi connectivity index (χ4v) is 5.98. The molecule has 1 aliphatic rings. The number of anilines is 2. The molecule has 0 spiro atoms. The van der Waals surface area contributed by atoms with E-state index in [0.717, 1.165) is 15.0 Å². The van der Waals surface area contributed by atoms with Crippen molar-refractivity contribution in [2.75, 3.05) is 11.1 Å². The van der Waals surface area contributed by atoms with Crippen LogP contribution in [0.2, 0.25) is 0 Å². The Morgan fingerprint density at radius 2 is 2.05 bits per heavy atom. The van der Waals surface area contributed by atoms with Crippen LogP contribution in [0.25, 0.3) is 21.3 Å². The zero-order chi connectivity index (χ0) is 28.8. The fraction of sp³-hybridized carbons (Fsp3) is 0.214. The minimum Gasteiger partial charge on any atom is -0.384 e. The number of amides is 2. The number of aromatic nitrogens is 4. The van der Waals surface area contributed by atoms with Crippen molar-refractivity contribution in [2.45, 2.75) is 38.8 Å². The van der Waals surface area contributed by atoms with Crippen LogP contribution in [-0.4, -0.2) is 31.5 Å². The van der Waals surface area contributed by atoms with Gasteiger partial charge in [0, 0.05) is 38.7 Å². The molecule has 6 rings (SSSR count). The number of nitrogens with two attached hydrogens (primary N) is 1. The number of hydrogen-bond acceptors (Lipinski definition) is 9. The lowest BCUT2D eigenvalue weighted by atomic mass is 10.1. The van der Waals surface area contributed by atoms with Crippen molar-refractivity contribution in [1.29, 1.82) is 0 Å². The van der Waals surface area contributed by atoms with Gasteiger partial charge in [0.05, 0.1) is 12.2 Å². The van der Waals surface area contributed by atoms with Gasteiger partial charge in [0.15, 0.2) is 0 Å². The van der Waals surface area contributed by atoms with E-state index in [9.17, 15) is 18.8 Å². The number of pyridine rings is 1. The topological polar surface area (TPSA) is 158 Å². The summed E-state index contributed by atoms with van der Waals surface area (Å²) in [5, 5.41) is 10.2. The molecule has 0 bridgehead atoms. The highest BCUT2D eigenvalue weighted by Gasteiger charge is 2.36. The largest absolute Gasteiger partial charge is 0.384 e. The van der Waals surface area contributed by atoms with Crippen molar-refractivity contribution in [1.82, 2.24) is 25.0 Å². The zero-order valence-corrected chi connectivity index (χ0v) is 22.8. The average molecular weight is 574 g/mol. The zero-order valence-electron chi connectivity index (χ0n) is 22.0. The van der Waals surface area contributed by atoms with Crippen molar-refractivity contribution in [3.05, 3.63) is 87.0 Å². The molecule has 1 aliphatic heterocycles. The van der Waals surface area contributed by atoms with Crippen LogP contribution in [0, 0.1) is 12.7 Å². The number of carbonyl (C=O) groups is 2. The van der Waals surface area contributed by atoms with E-state index in [1.165, 1.54) is 40.2 Å². The van der Waals surface area contributed by atoms with E-state index in [0.29, 0.717) is 23.8 Å². The number of rotatable bonds is 6. The number of thiophene rings is 1. The molecular formula is C28H24FN7O4S. The number of halogens is 1. The summed E-state index contributed by atoms with van der Waals surface area (Å²) in [5.74, 6) is -1.08. The third-order valence-corrected chi connectivity index (χ3v) is 8.09. The van der Waals surface area contributed by atoms with Gasteiger partial charge in [-0.05, 0) is 37.6 Å². The Bertz CT molecular complexity index is 1900. The van der Waals surface area contributed by atoms with Gasteiger partial charge in [-0.2, -0.15) is 0 Å². The molecule has 41 heavy (non-hydrogen) atoms. The van der Waals surface area contributed by atoms with Crippen LogP contribution in [0.3, 0.4) is 0 Å². The summed E-state index contributed by atoms with van der Waals surface area (Å²) in [6.45, 7) is 3.77. The van der Waals surface area contributed by atoms with E-state index in [4.69, 9.17) is 10.3 Å². The van der Waals surface area contributed by atoms with Crippen LogP contribution in [-0.2, 0) is 11.3 Å². The maximum atomic E-state index is 14.1. The standard InChI is InChI=1S/C28H24FN7O4S/c1-13-7-20(26(37)32-12-16-8-15-11-31-23(30)10-22(15)41-16)36-25(13)33-14(2)24(28(36)39)34-27(38)21-9-19(35-40-21)17-5-3-4-6-18(17)29/h3-6,8-11,13,20H,7,12H2,1-2H3,(H2,30,31)(H,32,37)(H,34,38)/t13-,20+/m1/s1. The summed E-state index contributed by atoms with van der Waals surface area (Å²) < 4.78 is 21.6. The SMILES string of the molecule is Cc1nc2n(c(=O)c1NC(=O)c1cc(-c3ccccc3F)no1)[C@H](C(=O)NCc1cc3cnc(N)cc3s1)C[C@H]2C. The van der Waals surface area contributed by atoms with Crippen molar-refractivity contribution < 1.29 is 18.5 Å². The first-order chi connectivity index (χ1) is 19.7. The first kappa shape index (κ1) is 26.3. The Morgan fingerprint density at radius 3 is 2.85 bits per heavy atom. The minimum absolute atomic E-state index is 0.0795. The molecule has 4 aromatic heterocycles. The highest BCUT2D eigenvalue weighted by molar-refractivity contribution is 7.19. The lowest BCUT2D eigenvalue weighted by Gasteiger charge is -2.16. The number of benzene rings is 1. The van der Waals surface area contributed by atoms with E-state index >= 15 is 0 Å². The molecule has 5 heterocycles. The predicted molar refractivity (Wildman–Crippen MR) is 151 cm³/mol. The molecule has 0 saturated heterocycles. The smallest absolute Gasteiger partial charge is 0.294 e. The van der Waals surface area contributed by atoms with Crippen LogP contribution < -0.4 is 21.9 Å². The molecule has 0 saturated carbocycles. The van der Waals surface area contributed by atoms with Crippen molar-refractivity contribution in [3.8, 4) is 11.3 Å². The predicted octanol–water partition coefficient (Wildman–Crippen LogP) is 4.15. The molecule has 0 aliphatic carbocycles. The number of nitrogen functional groups attached to an aromatic ring is 1.